The van der Waals surface area contributed by atoms with Gasteiger partial charge in [-0.05, 0) is 23.5 Å². The van der Waals surface area contributed by atoms with Crippen LogP contribution in [-0.2, 0) is 6.42 Å². The van der Waals surface area contributed by atoms with E-state index in [4.69, 9.17) is 0 Å². The van der Waals surface area contributed by atoms with Crippen LogP contribution in [0.5, 0.6) is 0 Å². The van der Waals surface area contributed by atoms with Crippen LogP contribution in [0.1, 0.15) is 30.5 Å². The fraction of sp³-hybridized carbons (Fsp3) is 0.455. The van der Waals surface area contributed by atoms with Crippen molar-refractivity contribution in [2.45, 2.75) is 25.8 Å². The van der Waals surface area contributed by atoms with Crippen molar-refractivity contribution >= 4 is 0 Å². The van der Waals surface area contributed by atoms with E-state index < -0.39 is 0 Å². The van der Waals surface area contributed by atoms with Crippen LogP contribution in [0.3, 0.4) is 0 Å². The van der Waals surface area contributed by atoms with Crippen LogP contribution in [0, 0.1) is 10.8 Å². The van der Waals surface area contributed by atoms with Gasteiger partial charge < -0.3 is 0 Å². The van der Waals surface area contributed by atoms with E-state index in [1.807, 2.05) is 18.2 Å². The normalized spacial score (nSPS) is 25.6. The monoisotopic (exact) mass is 175 g/mol. The molecule has 2 nitrogen and oxygen atoms in total. The van der Waals surface area contributed by atoms with Crippen molar-refractivity contribution in [3.05, 3.63) is 40.3 Å². The summed E-state index contributed by atoms with van der Waals surface area (Å²) >= 11 is 0. The molecule has 1 aliphatic carbocycles. The second-order valence-corrected chi connectivity index (χ2v) is 3.62. The van der Waals surface area contributed by atoms with Gasteiger partial charge in [-0.15, -0.1) is 0 Å². The lowest BCUT2D eigenvalue weighted by Gasteiger charge is -2.09. The summed E-state index contributed by atoms with van der Waals surface area (Å²) in [4.78, 5) is 10.7. The zero-order chi connectivity index (χ0) is 9.26. The number of fused-ring (bicyclic) bond motifs is 1. The van der Waals surface area contributed by atoms with Crippen LogP contribution in [0.2, 0.25) is 0 Å². The highest BCUT2D eigenvalue weighted by atomic mass is 16.3. The first-order chi connectivity index (χ1) is 6.36. The maximum absolute atomic E-state index is 10.7. The van der Waals surface area contributed by atoms with Crippen molar-refractivity contribution in [2.24, 2.45) is 11.1 Å². The van der Waals surface area contributed by atoms with Crippen molar-refractivity contribution < 1.29 is 0 Å². The van der Waals surface area contributed by atoms with Gasteiger partial charge in [0.2, 0.25) is 0 Å². The van der Waals surface area contributed by atoms with Crippen molar-refractivity contribution in [2.75, 3.05) is 0 Å². The second kappa shape index (κ2) is 3.29. The minimum absolute atomic E-state index is 0.0961. The van der Waals surface area contributed by atoms with E-state index in [-0.39, 0.29) is 6.04 Å². The summed E-state index contributed by atoms with van der Waals surface area (Å²) in [5, 5.41) is 3.23. The summed E-state index contributed by atoms with van der Waals surface area (Å²) < 4.78 is 0. The van der Waals surface area contributed by atoms with Crippen molar-refractivity contribution in [3.63, 3.8) is 0 Å². The predicted octanol–water partition coefficient (Wildman–Crippen LogP) is 3.08. The van der Waals surface area contributed by atoms with E-state index in [0.29, 0.717) is 5.92 Å². The van der Waals surface area contributed by atoms with Gasteiger partial charge in [0.15, 0.2) is 0 Å². The molecule has 2 heteroatoms. The topological polar surface area (TPSA) is 29.4 Å². The van der Waals surface area contributed by atoms with Crippen LogP contribution < -0.4 is 0 Å². The molecule has 2 atom stereocenters. The molecule has 0 spiro atoms. The highest BCUT2D eigenvalue weighted by Gasteiger charge is 2.31. The van der Waals surface area contributed by atoms with Gasteiger partial charge in [-0.2, -0.15) is 4.91 Å². The zero-order valence-corrected chi connectivity index (χ0v) is 7.73. The van der Waals surface area contributed by atoms with Gasteiger partial charge in [0.05, 0.1) is 0 Å². The van der Waals surface area contributed by atoms with Crippen LogP contribution in [-0.4, -0.2) is 0 Å². The summed E-state index contributed by atoms with van der Waals surface area (Å²) in [6.07, 6.45) is 2.05. The van der Waals surface area contributed by atoms with Crippen molar-refractivity contribution in [1.29, 1.82) is 0 Å². The standard InChI is InChI=1S/C11H13NO/c1-2-8-7-9-5-3-4-6-10(9)11(8)12-13/h3-6,8,11H,2,7H2,1H3. The molecule has 0 saturated heterocycles. The Hall–Kier alpha value is -1.18. The Morgan fingerprint density at radius 1 is 1.46 bits per heavy atom. The Balaban J connectivity index is 2.39. The Morgan fingerprint density at radius 3 is 2.92 bits per heavy atom. The van der Waals surface area contributed by atoms with Gasteiger partial charge in [0.1, 0.15) is 6.04 Å². The third-order valence-electron chi connectivity index (χ3n) is 2.94. The predicted molar refractivity (Wildman–Crippen MR) is 52.5 cm³/mol. The first-order valence-corrected chi connectivity index (χ1v) is 4.77. The minimum Gasteiger partial charge on any atom is -0.150 e. The Kier molecular flexibility index (Phi) is 2.13. The average Bonchev–Trinajstić information content (AvgIpc) is 2.55. The number of hydrogen-bond donors (Lipinski definition) is 0. The van der Waals surface area contributed by atoms with Gasteiger partial charge in [0.25, 0.3) is 0 Å². The number of nitroso groups, excluding NO2 is 1. The summed E-state index contributed by atoms with van der Waals surface area (Å²) in [5.74, 6) is 0.426. The minimum atomic E-state index is -0.0961. The highest BCUT2D eigenvalue weighted by molar-refractivity contribution is 5.35. The quantitative estimate of drug-likeness (QED) is 0.635. The average molecular weight is 175 g/mol. The van der Waals surface area contributed by atoms with Crippen LogP contribution in [0.15, 0.2) is 29.4 Å². The lowest BCUT2D eigenvalue weighted by molar-refractivity contribution is 0.453. The van der Waals surface area contributed by atoms with Crippen LogP contribution in [0.4, 0.5) is 0 Å². The maximum atomic E-state index is 10.7. The molecule has 0 saturated carbocycles. The van der Waals surface area contributed by atoms with E-state index >= 15 is 0 Å². The van der Waals surface area contributed by atoms with Crippen LogP contribution in [0.25, 0.3) is 0 Å². The molecule has 0 heterocycles. The van der Waals surface area contributed by atoms with E-state index in [1.54, 1.807) is 0 Å². The van der Waals surface area contributed by atoms with E-state index in [2.05, 4.69) is 18.2 Å². The largest absolute Gasteiger partial charge is 0.150 e. The molecule has 13 heavy (non-hydrogen) atoms. The van der Waals surface area contributed by atoms with Gasteiger partial charge in [-0.25, -0.2) is 0 Å². The van der Waals surface area contributed by atoms with Crippen molar-refractivity contribution in [3.8, 4) is 0 Å². The fourth-order valence-corrected chi connectivity index (χ4v) is 2.17. The number of nitrogens with zero attached hydrogens (tertiary/aromatic N) is 1. The second-order valence-electron chi connectivity index (χ2n) is 3.62. The SMILES string of the molecule is CCC1Cc2ccccc2C1N=O. The van der Waals surface area contributed by atoms with Gasteiger partial charge in [0, 0.05) is 0 Å². The molecule has 68 valence electrons. The molecule has 0 radical (unpaired) electrons. The molecule has 0 bridgehead atoms. The maximum Gasteiger partial charge on any atom is 0.120 e. The molecule has 2 unspecified atom stereocenters. The number of hydrogen-bond acceptors (Lipinski definition) is 2. The van der Waals surface area contributed by atoms with Crippen LogP contribution >= 0.6 is 0 Å². The molecule has 1 aromatic carbocycles. The van der Waals surface area contributed by atoms with E-state index in [9.17, 15) is 4.91 Å². The summed E-state index contributed by atoms with van der Waals surface area (Å²) in [7, 11) is 0. The van der Waals surface area contributed by atoms with E-state index in [1.165, 1.54) is 5.56 Å². The van der Waals surface area contributed by atoms with Gasteiger partial charge in [-0.3, -0.25) is 0 Å². The summed E-state index contributed by atoms with van der Waals surface area (Å²) in [5.41, 5.74) is 2.45. The van der Waals surface area contributed by atoms with Gasteiger partial charge >= 0.3 is 0 Å². The smallest absolute Gasteiger partial charge is 0.120 e. The van der Waals surface area contributed by atoms with Gasteiger partial charge in [-0.1, -0.05) is 42.8 Å². The molecule has 0 aromatic heterocycles. The summed E-state index contributed by atoms with van der Waals surface area (Å²) in [6, 6.07) is 8.04. The fourth-order valence-electron chi connectivity index (χ4n) is 2.17. The molecular weight excluding hydrogens is 162 g/mol. The van der Waals surface area contributed by atoms with E-state index in [0.717, 1.165) is 18.4 Å². The zero-order valence-electron chi connectivity index (χ0n) is 7.73. The molecule has 0 N–H and O–H groups in total. The highest BCUT2D eigenvalue weighted by Crippen LogP contribution is 2.39. The number of benzene rings is 1. The Labute approximate surface area is 77.9 Å². The first-order valence-electron chi connectivity index (χ1n) is 4.77. The van der Waals surface area contributed by atoms with Crippen molar-refractivity contribution in [1.82, 2.24) is 0 Å². The molecule has 0 amide bonds. The third-order valence-corrected chi connectivity index (χ3v) is 2.94. The third kappa shape index (κ3) is 1.26. The Bertz CT molecular complexity index is 322. The molecule has 1 aromatic rings. The molecular formula is C11H13NO. The number of rotatable bonds is 2. The lowest BCUT2D eigenvalue weighted by atomic mass is 9.99. The molecule has 0 fully saturated rings. The molecule has 2 rings (SSSR count). The first kappa shape index (κ1) is 8.42. The molecule has 1 aliphatic rings. The Morgan fingerprint density at radius 2 is 2.23 bits per heavy atom. The lowest BCUT2D eigenvalue weighted by Crippen LogP contribution is -2.02. The molecule has 0 aliphatic heterocycles. The summed E-state index contributed by atoms with van der Waals surface area (Å²) in [6.45, 7) is 2.12.